The largest absolute Gasteiger partial charge is 0.444 e. The number of amides is 2. The maximum absolute atomic E-state index is 12.7. The van der Waals surface area contributed by atoms with Crippen molar-refractivity contribution in [1.82, 2.24) is 15.1 Å². The van der Waals surface area contributed by atoms with E-state index in [-0.39, 0.29) is 23.0 Å². The average Bonchev–Trinajstić information content (AvgIpc) is 2.64. The third kappa shape index (κ3) is 7.53. The molecule has 0 aromatic rings. The molecule has 2 aliphatic rings. The van der Waals surface area contributed by atoms with Crippen LogP contribution in [0.25, 0.3) is 0 Å². The quantitative estimate of drug-likeness (QED) is 0.646. The number of likely N-dealkylation sites (tertiary alicyclic amines) is 2. The van der Waals surface area contributed by atoms with Gasteiger partial charge in [0.15, 0.2) is 0 Å². The van der Waals surface area contributed by atoms with Crippen molar-refractivity contribution in [3.8, 4) is 0 Å². The van der Waals surface area contributed by atoms with Crippen LogP contribution in [-0.2, 0) is 9.47 Å². The summed E-state index contributed by atoms with van der Waals surface area (Å²) in [6.07, 6.45) is 3.57. The van der Waals surface area contributed by atoms with Crippen molar-refractivity contribution in [2.45, 2.75) is 105 Å². The number of carbonyl (C=O) groups excluding carboxylic acids is 2. The molecule has 2 rings (SSSR count). The number of hydrogen-bond acceptors (Lipinski definition) is 5. The predicted octanol–water partition coefficient (Wildman–Crippen LogP) is 5.04. The molecule has 0 spiro atoms. The molecule has 0 saturated carbocycles. The average molecular weight is 454 g/mol. The summed E-state index contributed by atoms with van der Waals surface area (Å²) < 4.78 is 11.2. The molecule has 0 radical (unpaired) electrons. The molecule has 0 aromatic heterocycles. The van der Waals surface area contributed by atoms with Gasteiger partial charge >= 0.3 is 12.2 Å². The Hall–Kier alpha value is -1.50. The fourth-order valence-corrected chi connectivity index (χ4v) is 4.81. The van der Waals surface area contributed by atoms with E-state index in [4.69, 9.17) is 9.47 Å². The van der Waals surface area contributed by atoms with E-state index in [0.29, 0.717) is 19.1 Å². The Balaban J connectivity index is 1.97. The van der Waals surface area contributed by atoms with Gasteiger partial charge in [0, 0.05) is 44.2 Å². The van der Waals surface area contributed by atoms with Crippen LogP contribution in [0.1, 0.15) is 88.0 Å². The second-order valence-corrected chi connectivity index (χ2v) is 12.5. The highest BCUT2D eigenvalue weighted by atomic mass is 16.6. The van der Waals surface area contributed by atoms with Gasteiger partial charge < -0.3 is 24.6 Å². The van der Waals surface area contributed by atoms with Crippen molar-refractivity contribution in [2.75, 3.05) is 32.7 Å². The van der Waals surface area contributed by atoms with Gasteiger partial charge in [0.25, 0.3) is 0 Å². The Morgan fingerprint density at radius 3 is 1.94 bits per heavy atom. The molecule has 2 aliphatic heterocycles. The van der Waals surface area contributed by atoms with Crippen LogP contribution in [0.5, 0.6) is 0 Å². The molecule has 2 atom stereocenters. The normalized spacial score (nSPS) is 26.6. The first-order valence-corrected chi connectivity index (χ1v) is 12.3. The zero-order valence-corrected chi connectivity index (χ0v) is 22.0. The number of rotatable bonds is 4. The lowest BCUT2D eigenvalue weighted by atomic mass is 9.75. The molecular weight excluding hydrogens is 406 g/mol. The van der Waals surface area contributed by atoms with E-state index < -0.39 is 11.2 Å². The summed E-state index contributed by atoms with van der Waals surface area (Å²) in [6, 6.07) is 0.307. The molecule has 2 unspecified atom stereocenters. The van der Waals surface area contributed by atoms with Crippen LogP contribution in [0.15, 0.2) is 0 Å². The fourth-order valence-electron chi connectivity index (χ4n) is 4.81. The Morgan fingerprint density at radius 2 is 1.47 bits per heavy atom. The number of ether oxygens (including phenoxy) is 2. The Kier molecular flexibility index (Phi) is 8.17. The summed E-state index contributed by atoms with van der Waals surface area (Å²) in [5.74, 6) is 0. The molecule has 32 heavy (non-hydrogen) atoms. The maximum atomic E-state index is 12.7. The van der Waals surface area contributed by atoms with Crippen molar-refractivity contribution in [3.05, 3.63) is 0 Å². The van der Waals surface area contributed by atoms with Crippen LogP contribution in [-0.4, -0.2) is 72.0 Å². The molecule has 0 aromatic carbocycles. The van der Waals surface area contributed by atoms with Gasteiger partial charge in [0.1, 0.15) is 11.2 Å². The second kappa shape index (κ2) is 9.78. The standard InChI is InChI=1S/C25H47N3O4/c1-10-25(13-11-14-27(18-25)20(29)31-22(2,3)4)16-26-19-12-15-28(17-24(19,8)9)21(30)32-23(5,6)7/h19,26H,10-18H2,1-9H3. The van der Waals surface area contributed by atoms with Gasteiger partial charge in [-0.25, -0.2) is 9.59 Å². The maximum Gasteiger partial charge on any atom is 0.410 e. The van der Waals surface area contributed by atoms with Gasteiger partial charge in [-0.3, -0.25) is 0 Å². The molecule has 2 saturated heterocycles. The lowest BCUT2D eigenvalue weighted by molar-refractivity contribution is -0.00518. The van der Waals surface area contributed by atoms with E-state index in [1.165, 1.54) is 0 Å². The first kappa shape index (κ1) is 26.7. The highest BCUT2D eigenvalue weighted by molar-refractivity contribution is 5.68. The van der Waals surface area contributed by atoms with Gasteiger partial charge in [-0.2, -0.15) is 0 Å². The van der Waals surface area contributed by atoms with Crippen molar-refractivity contribution in [1.29, 1.82) is 0 Å². The van der Waals surface area contributed by atoms with E-state index in [9.17, 15) is 9.59 Å². The lowest BCUT2D eigenvalue weighted by Gasteiger charge is -2.48. The Morgan fingerprint density at radius 1 is 0.938 bits per heavy atom. The van der Waals surface area contributed by atoms with E-state index >= 15 is 0 Å². The monoisotopic (exact) mass is 453 g/mol. The molecule has 2 amide bonds. The smallest absolute Gasteiger partial charge is 0.410 e. The van der Waals surface area contributed by atoms with Gasteiger partial charge in [-0.15, -0.1) is 0 Å². The predicted molar refractivity (Wildman–Crippen MR) is 128 cm³/mol. The van der Waals surface area contributed by atoms with E-state index in [1.54, 1.807) is 0 Å². The van der Waals surface area contributed by atoms with E-state index in [2.05, 4.69) is 26.1 Å². The summed E-state index contributed by atoms with van der Waals surface area (Å²) in [5.41, 5.74) is -0.976. The lowest BCUT2D eigenvalue weighted by Crippen LogP contribution is -2.59. The summed E-state index contributed by atoms with van der Waals surface area (Å²) in [7, 11) is 0. The second-order valence-electron chi connectivity index (χ2n) is 12.5. The molecule has 0 bridgehead atoms. The van der Waals surface area contributed by atoms with Crippen LogP contribution >= 0.6 is 0 Å². The SMILES string of the molecule is CCC1(CNC2CCN(C(=O)OC(C)(C)C)CC2(C)C)CCCN(C(=O)OC(C)(C)C)C1. The van der Waals surface area contributed by atoms with Crippen molar-refractivity contribution in [2.24, 2.45) is 10.8 Å². The van der Waals surface area contributed by atoms with Gasteiger partial charge in [-0.05, 0) is 72.6 Å². The third-order valence-electron chi connectivity index (χ3n) is 6.67. The molecule has 7 heteroatoms. The first-order chi connectivity index (χ1) is 14.6. The van der Waals surface area contributed by atoms with Crippen LogP contribution in [0.4, 0.5) is 9.59 Å². The minimum Gasteiger partial charge on any atom is -0.444 e. The number of carbonyl (C=O) groups is 2. The van der Waals surface area contributed by atoms with Gasteiger partial charge in [0.05, 0.1) is 0 Å². The molecule has 2 heterocycles. The highest BCUT2D eigenvalue weighted by Gasteiger charge is 2.42. The zero-order valence-electron chi connectivity index (χ0n) is 22.0. The summed E-state index contributed by atoms with van der Waals surface area (Å²) in [5, 5.41) is 3.83. The minimum atomic E-state index is -0.481. The van der Waals surface area contributed by atoms with Crippen molar-refractivity contribution < 1.29 is 19.1 Å². The van der Waals surface area contributed by atoms with Gasteiger partial charge in [-0.1, -0.05) is 20.8 Å². The zero-order chi connectivity index (χ0) is 24.4. The topological polar surface area (TPSA) is 71.1 Å². The molecule has 186 valence electrons. The number of piperidine rings is 2. The van der Waals surface area contributed by atoms with E-state index in [0.717, 1.165) is 45.3 Å². The fraction of sp³-hybridized carbons (Fsp3) is 0.920. The molecule has 1 N–H and O–H groups in total. The first-order valence-electron chi connectivity index (χ1n) is 12.3. The van der Waals surface area contributed by atoms with Crippen LogP contribution in [0.3, 0.4) is 0 Å². The highest BCUT2D eigenvalue weighted by Crippen LogP contribution is 2.36. The molecular formula is C25H47N3O4. The third-order valence-corrected chi connectivity index (χ3v) is 6.67. The number of hydrogen-bond donors (Lipinski definition) is 1. The number of nitrogens with zero attached hydrogens (tertiary/aromatic N) is 2. The summed E-state index contributed by atoms with van der Waals surface area (Å²) in [4.78, 5) is 28.9. The van der Waals surface area contributed by atoms with Crippen LogP contribution in [0, 0.1) is 10.8 Å². The van der Waals surface area contributed by atoms with Crippen molar-refractivity contribution >= 4 is 12.2 Å². The summed E-state index contributed by atoms with van der Waals surface area (Å²) >= 11 is 0. The number of nitrogens with one attached hydrogen (secondary N) is 1. The van der Waals surface area contributed by atoms with Crippen LogP contribution in [0.2, 0.25) is 0 Å². The summed E-state index contributed by atoms with van der Waals surface area (Å²) in [6.45, 7) is 21.8. The van der Waals surface area contributed by atoms with Gasteiger partial charge in [0.2, 0.25) is 0 Å². The molecule has 7 nitrogen and oxygen atoms in total. The van der Waals surface area contributed by atoms with E-state index in [1.807, 2.05) is 51.3 Å². The van der Waals surface area contributed by atoms with Crippen LogP contribution < -0.4 is 5.32 Å². The Labute approximate surface area is 195 Å². The molecule has 0 aliphatic carbocycles. The minimum absolute atomic E-state index is 0.0491. The molecule has 2 fully saturated rings. The Bertz CT molecular complexity index is 665. The van der Waals surface area contributed by atoms with Crippen molar-refractivity contribution in [3.63, 3.8) is 0 Å².